The third-order valence-corrected chi connectivity index (χ3v) is 3.58. The van der Waals surface area contributed by atoms with Crippen molar-refractivity contribution in [2.24, 2.45) is 0 Å². The Morgan fingerprint density at radius 3 is 2.54 bits per heavy atom. The fourth-order valence-electron chi connectivity index (χ4n) is 2.28. The molecule has 3 aromatic rings. The second-order valence-electron chi connectivity index (χ2n) is 5.33. The van der Waals surface area contributed by atoms with Crippen molar-refractivity contribution in [1.82, 2.24) is 4.98 Å². The van der Waals surface area contributed by atoms with E-state index in [2.05, 4.69) is 4.98 Å². The van der Waals surface area contributed by atoms with Crippen LogP contribution >= 0.6 is 0 Å². The summed E-state index contributed by atoms with van der Waals surface area (Å²) in [6.07, 6.45) is 3.55. The topological polar surface area (TPSA) is 55.5 Å². The van der Waals surface area contributed by atoms with Crippen molar-refractivity contribution < 1.29 is 14.3 Å². The Morgan fingerprint density at radius 1 is 1.08 bits per heavy atom. The van der Waals surface area contributed by atoms with Crippen molar-refractivity contribution in [3.8, 4) is 17.2 Å². The van der Waals surface area contributed by atoms with Crippen LogP contribution in [0.5, 0.6) is 5.75 Å². The summed E-state index contributed by atoms with van der Waals surface area (Å²) in [5, 5.41) is 8.78. The van der Waals surface area contributed by atoms with Crippen LogP contribution in [0, 0.1) is 6.92 Å². The van der Waals surface area contributed by atoms with E-state index in [0.717, 1.165) is 28.3 Å². The SMILES string of the molecule is Cc1oc(-c2ccccc2)nc1COc1ccc(C=CCO)cc1. The van der Waals surface area contributed by atoms with Crippen molar-refractivity contribution in [2.45, 2.75) is 13.5 Å². The Labute approximate surface area is 141 Å². The zero-order valence-electron chi connectivity index (χ0n) is 13.5. The standard InChI is InChI=1S/C20H19NO3/c1-15-19(21-20(24-15)17-7-3-2-4-8-17)14-23-18-11-9-16(10-12-18)6-5-13-22/h2-12,22H,13-14H2,1H3. The fraction of sp³-hybridized carbons (Fsp3) is 0.150. The molecule has 0 saturated carbocycles. The molecule has 24 heavy (non-hydrogen) atoms. The number of hydrogen-bond donors (Lipinski definition) is 1. The van der Waals surface area contributed by atoms with Gasteiger partial charge in [0.15, 0.2) is 0 Å². The summed E-state index contributed by atoms with van der Waals surface area (Å²) in [6.45, 7) is 2.28. The van der Waals surface area contributed by atoms with Crippen LogP contribution in [0.2, 0.25) is 0 Å². The zero-order valence-corrected chi connectivity index (χ0v) is 13.5. The molecule has 0 bridgehead atoms. The molecule has 1 N–H and O–H groups in total. The average Bonchev–Trinajstić information content (AvgIpc) is 3.01. The van der Waals surface area contributed by atoms with Gasteiger partial charge in [0.1, 0.15) is 23.8 Å². The van der Waals surface area contributed by atoms with Crippen molar-refractivity contribution in [3.05, 3.63) is 77.7 Å². The molecule has 3 rings (SSSR count). The molecule has 4 heteroatoms. The first-order valence-corrected chi connectivity index (χ1v) is 7.78. The number of aryl methyl sites for hydroxylation is 1. The highest BCUT2D eigenvalue weighted by molar-refractivity contribution is 5.53. The molecule has 122 valence electrons. The summed E-state index contributed by atoms with van der Waals surface area (Å²) < 4.78 is 11.5. The summed E-state index contributed by atoms with van der Waals surface area (Å²) in [4.78, 5) is 4.52. The molecular weight excluding hydrogens is 302 g/mol. The number of aliphatic hydroxyl groups excluding tert-OH is 1. The number of ether oxygens (including phenoxy) is 1. The molecule has 0 spiro atoms. The lowest BCUT2D eigenvalue weighted by Crippen LogP contribution is -1.97. The lowest BCUT2D eigenvalue weighted by atomic mass is 10.2. The maximum Gasteiger partial charge on any atom is 0.226 e. The van der Waals surface area contributed by atoms with Gasteiger partial charge in [-0.1, -0.05) is 42.5 Å². The number of hydrogen-bond acceptors (Lipinski definition) is 4. The molecule has 4 nitrogen and oxygen atoms in total. The third-order valence-electron chi connectivity index (χ3n) is 3.58. The van der Waals surface area contributed by atoms with Crippen molar-refractivity contribution in [3.63, 3.8) is 0 Å². The number of rotatable bonds is 6. The minimum atomic E-state index is 0.0352. The highest BCUT2D eigenvalue weighted by atomic mass is 16.5. The maximum atomic E-state index is 8.78. The minimum Gasteiger partial charge on any atom is -0.487 e. The summed E-state index contributed by atoms with van der Waals surface area (Å²) in [7, 11) is 0. The molecule has 1 heterocycles. The molecule has 1 aromatic heterocycles. The van der Waals surface area contributed by atoms with Gasteiger partial charge in [-0.15, -0.1) is 0 Å². The van der Waals surface area contributed by atoms with Gasteiger partial charge < -0.3 is 14.3 Å². The lowest BCUT2D eigenvalue weighted by molar-refractivity contribution is 0.299. The molecule has 0 unspecified atom stereocenters. The van der Waals surface area contributed by atoms with E-state index in [0.29, 0.717) is 12.5 Å². The van der Waals surface area contributed by atoms with Gasteiger partial charge >= 0.3 is 0 Å². The van der Waals surface area contributed by atoms with Crippen LogP contribution in [-0.4, -0.2) is 16.7 Å². The largest absolute Gasteiger partial charge is 0.487 e. The number of nitrogens with zero attached hydrogens (tertiary/aromatic N) is 1. The van der Waals surface area contributed by atoms with E-state index >= 15 is 0 Å². The molecular formula is C20H19NO3. The normalized spacial score (nSPS) is 11.1. The molecule has 0 atom stereocenters. The number of benzene rings is 2. The van der Waals surface area contributed by atoms with Gasteiger partial charge in [-0.2, -0.15) is 0 Å². The van der Waals surface area contributed by atoms with E-state index in [-0.39, 0.29) is 6.61 Å². The van der Waals surface area contributed by atoms with Gasteiger partial charge in [-0.05, 0) is 36.8 Å². The predicted molar refractivity (Wildman–Crippen MR) is 93.6 cm³/mol. The van der Waals surface area contributed by atoms with Crippen LogP contribution in [0.3, 0.4) is 0 Å². The third kappa shape index (κ3) is 3.91. The van der Waals surface area contributed by atoms with E-state index in [1.165, 1.54) is 0 Å². The van der Waals surface area contributed by atoms with Crippen LogP contribution in [0.15, 0.2) is 65.1 Å². The monoisotopic (exact) mass is 321 g/mol. The predicted octanol–water partition coefficient (Wildman–Crippen LogP) is 4.23. The first-order chi connectivity index (χ1) is 11.8. The quantitative estimate of drug-likeness (QED) is 0.738. The van der Waals surface area contributed by atoms with E-state index < -0.39 is 0 Å². The molecule has 2 aromatic carbocycles. The van der Waals surface area contributed by atoms with Gasteiger partial charge in [0.05, 0.1) is 6.61 Å². The van der Waals surface area contributed by atoms with Crippen LogP contribution in [-0.2, 0) is 6.61 Å². The van der Waals surface area contributed by atoms with Crippen molar-refractivity contribution in [1.29, 1.82) is 0 Å². The van der Waals surface area contributed by atoms with Gasteiger partial charge in [0.25, 0.3) is 0 Å². The minimum absolute atomic E-state index is 0.0352. The second kappa shape index (κ2) is 7.62. The molecule has 0 radical (unpaired) electrons. The number of aliphatic hydroxyl groups is 1. The Kier molecular flexibility index (Phi) is 5.08. The molecule has 0 saturated heterocycles. The second-order valence-corrected chi connectivity index (χ2v) is 5.33. The Hall–Kier alpha value is -2.85. The highest BCUT2D eigenvalue weighted by Gasteiger charge is 2.11. The van der Waals surface area contributed by atoms with Gasteiger partial charge in [-0.25, -0.2) is 4.98 Å². The van der Waals surface area contributed by atoms with Gasteiger partial charge in [0, 0.05) is 5.56 Å². The molecule has 0 fully saturated rings. The van der Waals surface area contributed by atoms with Gasteiger partial charge in [-0.3, -0.25) is 0 Å². The van der Waals surface area contributed by atoms with Crippen LogP contribution in [0.1, 0.15) is 17.0 Å². The lowest BCUT2D eigenvalue weighted by Gasteiger charge is -2.04. The van der Waals surface area contributed by atoms with E-state index in [4.69, 9.17) is 14.3 Å². The van der Waals surface area contributed by atoms with Gasteiger partial charge in [0.2, 0.25) is 5.89 Å². The first-order valence-electron chi connectivity index (χ1n) is 7.78. The van der Waals surface area contributed by atoms with E-state index in [9.17, 15) is 0 Å². The number of aromatic nitrogens is 1. The van der Waals surface area contributed by atoms with Crippen molar-refractivity contribution in [2.75, 3.05) is 6.61 Å². The smallest absolute Gasteiger partial charge is 0.226 e. The summed E-state index contributed by atoms with van der Waals surface area (Å²) >= 11 is 0. The summed E-state index contributed by atoms with van der Waals surface area (Å²) in [5.74, 6) is 2.13. The molecule has 0 amide bonds. The summed E-state index contributed by atoms with van der Waals surface area (Å²) in [6, 6.07) is 17.5. The van der Waals surface area contributed by atoms with E-state index in [1.54, 1.807) is 6.08 Å². The Morgan fingerprint density at radius 2 is 1.83 bits per heavy atom. The highest BCUT2D eigenvalue weighted by Crippen LogP contribution is 2.22. The van der Waals surface area contributed by atoms with E-state index in [1.807, 2.05) is 67.6 Å². The molecule has 0 aliphatic carbocycles. The molecule has 0 aliphatic heterocycles. The average molecular weight is 321 g/mol. The molecule has 0 aliphatic rings. The van der Waals surface area contributed by atoms with Crippen LogP contribution in [0.4, 0.5) is 0 Å². The number of oxazole rings is 1. The van der Waals surface area contributed by atoms with Crippen LogP contribution < -0.4 is 4.74 Å². The Bertz CT molecular complexity index is 805. The fourth-order valence-corrected chi connectivity index (χ4v) is 2.28. The van der Waals surface area contributed by atoms with Crippen molar-refractivity contribution >= 4 is 6.08 Å². The Balaban J connectivity index is 1.66. The summed E-state index contributed by atoms with van der Waals surface area (Å²) in [5.41, 5.74) is 2.75. The zero-order chi connectivity index (χ0) is 16.8. The first kappa shape index (κ1) is 16.0. The van der Waals surface area contributed by atoms with Crippen LogP contribution in [0.25, 0.3) is 17.5 Å². The maximum absolute atomic E-state index is 8.78.